The minimum absolute atomic E-state index is 0.161. The maximum atomic E-state index is 14.6. The molecule has 6 atom stereocenters. The van der Waals surface area contributed by atoms with Crippen LogP contribution in [0.2, 0.25) is 10.1 Å². The lowest BCUT2D eigenvalue weighted by Crippen LogP contribution is -2.67. The van der Waals surface area contributed by atoms with Crippen LogP contribution in [0.1, 0.15) is 80.1 Å². The maximum Gasteiger partial charge on any atom is 0.471 e. The lowest BCUT2D eigenvalue weighted by molar-refractivity contribution is -0.194. The zero-order chi connectivity index (χ0) is 47.0. The fraction of sp³-hybridized carbons (Fsp3) is 0.480. The van der Waals surface area contributed by atoms with Gasteiger partial charge in [-0.05, 0) is 69.3 Å². The van der Waals surface area contributed by atoms with Crippen molar-refractivity contribution < 1.29 is 49.5 Å². The minimum Gasteiger partial charge on any atom is -0.405 e. The molecule has 0 saturated carbocycles. The van der Waals surface area contributed by atoms with E-state index in [0.29, 0.717) is 0 Å². The second-order valence-corrected chi connectivity index (χ2v) is 28.4. The van der Waals surface area contributed by atoms with Gasteiger partial charge in [0.15, 0.2) is 0 Å². The molecule has 0 unspecified atom stereocenters. The van der Waals surface area contributed by atoms with E-state index in [0.717, 1.165) is 30.5 Å². The van der Waals surface area contributed by atoms with Gasteiger partial charge in [0.1, 0.15) is 0 Å². The van der Waals surface area contributed by atoms with Crippen LogP contribution in [0.4, 0.5) is 26.3 Å². The second-order valence-electron chi connectivity index (χ2n) is 19.8. The van der Waals surface area contributed by atoms with Crippen LogP contribution in [0.15, 0.2) is 121 Å². The van der Waals surface area contributed by atoms with E-state index in [-0.39, 0.29) is 51.7 Å². The molecule has 4 aromatic rings. The molecule has 3 fully saturated rings. The first-order valence-electron chi connectivity index (χ1n) is 22.6. The molecule has 0 spiro atoms. The van der Waals surface area contributed by atoms with Crippen molar-refractivity contribution in [1.82, 2.24) is 9.80 Å². The van der Waals surface area contributed by atoms with Gasteiger partial charge < -0.3 is 23.4 Å². The fourth-order valence-electron chi connectivity index (χ4n) is 11.0. The molecule has 0 N–H and O–H groups in total. The van der Waals surface area contributed by atoms with Gasteiger partial charge in [-0.25, -0.2) is 0 Å². The fourth-order valence-corrected chi connectivity index (χ4v) is 20.2. The van der Waals surface area contributed by atoms with Gasteiger partial charge >= 0.3 is 24.2 Å². The summed E-state index contributed by atoms with van der Waals surface area (Å²) in [7, 11) is -6.41. The third-order valence-electron chi connectivity index (χ3n) is 13.8. The molecule has 0 aromatic heterocycles. The molecule has 0 bridgehead atoms. The van der Waals surface area contributed by atoms with Gasteiger partial charge in [-0.2, -0.15) is 26.3 Å². The van der Waals surface area contributed by atoms with E-state index in [1.54, 1.807) is 0 Å². The Balaban J connectivity index is 1.15. The Kier molecular flexibility index (Phi) is 14.0. The van der Waals surface area contributed by atoms with Crippen molar-refractivity contribution in [3.8, 4) is 0 Å². The zero-order valence-electron chi connectivity index (χ0n) is 37.9. The number of halogens is 6. The maximum absolute atomic E-state index is 14.6. The first-order chi connectivity index (χ1) is 30.6. The molecule has 0 aliphatic carbocycles. The predicted octanol–water partition coefficient (Wildman–Crippen LogP) is 8.53. The second kappa shape index (κ2) is 18.8. The van der Waals surface area contributed by atoms with Crippen molar-refractivity contribution in [1.29, 1.82) is 0 Å². The topological polar surface area (TPSA) is 68.3 Å². The minimum atomic E-state index is -5.20. The average Bonchev–Trinajstić information content (AvgIpc) is 4.02. The number of carbonyl (C=O) groups is 2. The van der Waals surface area contributed by atoms with Crippen molar-refractivity contribution >= 4 is 49.2 Å². The Bertz CT molecular complexity index is 1990. The van der Waals surface area contributed by atoms with Gasteiger partial charge in [-0.15, -0.1) is 0 Å². The molecule has 350 valence electrons. The molecular formula is C50H60F6N2O5Si2. The predicted molar refractivity (Wildman–Crippen MR) is 244 cm³/mol. The van der Waals surface area contributed by atoms with E-state index in [1.165, 1.54) is 0 Å². The number of benzene rings is 4. The van der Waals surface area contributed by atoms with Crippen LogP contribution in [0.3, 0.4) is 0 Å². The normalized spacial score (nSPS) is 23.6. The number of rotatable bonds is 12. The molecule has 0 radical (unpaired) electrons. The summed E-state index contributed by atoms with van der Waals surface area (Å²) in [6.07, 6.45) is -11.0. The van der Waals surface area contributed by atoms with Crippen LogP contribution < -0.4 is 20.7 Å². The molecule has 4 aromatic carbocycles. The standard InChI is InChI=1S/C50H60F6N2O5Si2/c1-47(2,3)64(37-19-11-7-12-20-37,38-21-13-8-14-22-38)61-33-35-27-29-41(57(35)45(59)49(51,52)53)43-31-32-44(63-43)42-30-28-36(58(42)46(60)50(54,55)56)34-62-65(48(4,5)6,39-23-15-9-16-24-39)40-25-17-10-18-26-40/h7-26,35-36,41-44H,27-34H2,1-6H3/t35-,36-,41-,42-,43-,44-/m0/s1. The van der Waals surface area contributed by atoms with Crippen LogP contribution in [0, 0.1) is 0 Å². The molecule has 3 aliphatic heterocycles. The molecule has 3 heterocycles. The van der Waals surface area contributed by atoms with Gasteiger partial charge in [-0.3, -0.25) is 9.59 Å². The molecule has 65 heavy (non-hydrogen) atoms. The summed E-state index contributed by atoms with van der Waals surface area (Å²) in [5, 5.41) is 2.81. The smallest absolute Gasteiger partial charge is 0.405 e. The number of ether oxygens (including phenoxy) is 1. The Hall–Kier alpha value is -4.29. The Morgan fingerprint density at radius 2 is 0.769 bits per heavy atom. The first-order valence-corrected chi connectivity index (χ1v) is 26.4. The Labute approximate surface area is 380 Å². The summed E-state index contributed by atoms with van der Waals surface area (Å²) in [6.45, 7) is 12.0. The van der Waals surface area contributed by atoms with Crippen molar-refractivity contribution in [3.05, 3.63) is 121 Å². The molecule has 7 rings (SSSR count). The monoisotopic (exact) mass is 938 g/mol. The van der Waals surface area contributed by atoms with Crippen LogP contribution in [-0.4, -0.2) is 100 Å². The number of carbonyl (C=O) groups excluding carboxylic acids is 2. The summed E-state index contributed by atoms with van der Waals surface area (Å²) in [5.41, 5.74) is 0. The average molecular weight is 939 g/mol. The molecule has 3 aliphatic rings. The quantitative estimate of drug-likeness (QED) is 0.105. The molecule has 15 heteroatoms. The van der Waals surface area contributed by atoms with Gasteiger partial charge in [-0.1, -0.05) is 163 Å². The number of alkyl halides is 6. The van der Waals surface area contributed by atoms with Crippen LogP contribution >= 0.6 is 0 Å². The molecular weight excluding hydrogens is 879 g/mol. The van der Waals surface area contributed by atoms with E-state index < -0.39 is 87.3 Å². The van der Waals surface area contributed by atoms with Crippen molar-refractivity contribution in [2.75, 3.05) is 13.2 Å². The van der Waals surface area contributed by atoms with E-state index in [1.807, 2.05) is 121 Å². The van der Waals surface area contributed by atoms with Crippen molar-refractivity contribution in [2.24, 2.45) is 0 Å². The summed E-state index contributed by atoms with van der Waals surface area (Å²) in [4.78, 5) is 28.7. The van der Waals surface area contributed by atoms with Crippen LogP contribution in [0.25, 0.3) is 0 Å². The van der Waals surface area contributed by atoms with E-state index >= 15 is 0 Å². The SMILES string of the molecule is CC(C)(C)[Si](OC[C@@H]1CC[C@@H]([C@@H]2CC[C@@H]([C@@H]3CC[C@@H](CO[Si](c4ccccc4)(c4ccccc4)C(C)(C)C)N3C(=O)C(F)(F)F)O2)N1C(=O)C(F)(F)F)(c1ccccc1)c1ccccc1. The van der Waals surface area contributed by atoms with Crippen LogP contribution in [-0.2, 0) is 23.2 Å². The first kappa shape index (κ1) is 48.6. The summed E-state index contributed by atoms with van der Waals surface area (Å²) in [5.74, 6) is -4.00. The Morgan fingerprint density at radius 1 is 0.492 bits per heavy atom. The largest absolute Gasteiger partial charge is 0.471 e. The molecule has 7 nitrogen and oxygen atoms in total. The Morgan fingerprint density at radius 3 is 1.02 bits per heavy atom. The highest BCUT2D eigenvalue weighted by molar-refractivity contribution is 7.00. The highest BCUT2D eigenvalue weighted by atomic mass is 28.4. The highest BCUT2D eigenvalue weighted by Crippen LogP contribution is 2.44. The van der Waals surface area contributed by atoms with Gasteiger partial charge in [0.2, 0.25) is 0 Å². The van der Waals surface area contributed by atoms with Gasteiger partial charge in [0.05, 0.1) is 49.6 Å². The highest BCUT2D eigenvalue weighted by Gasteiger charge is 2.58. The van der Waals surface area contributed by atoms with Gasteiger partial charge in [0, 0.05) is 0 Å². The third kappa shape index (κ3) is 9.50. The summed E-state index contributed by atoms with van der Waals surface area (Å²) in [6, 6.07) is 34.8. The van der Waals surface area contributed by atoms with Gasteiger partial charge in [0.25, 0.3) is 16.6 Å². The van der Waals surface area contributed by atoms with E-state index in [2.05, 4.69) is 41.5 Å². The summed E-state index contributed by atoms with van der Waals surface area (Å²) >= 11 is 0. The third-order valence-corrected chi connectivity index (χ3v) is 23.8. The van der Waals surface area contributed by atoms with Crippen molar-refractivity contribution in [3.63, 3.8) is 0 Å². The summed E-state index contributed by atoms with van der Waals surface area (Å²) < 4.78 is 108. The number of hydrogen-bond donors (Lipinski definition) is 0. The number of nitrogens with zero attached hydrogens (tertiary/aromatic N) is 2. The number of hydrogen-bond acceptors (Lipinski definition) is 5. The molecule has 2 amide bonds. The number of amides is 2. The van der Waals surface area contributed by atoms with E-state index in [9.17, 15) is 35.9 Å². The number of likely N-dealkylation sites (tertiary alicyclic amines) is 2. The lowest BCUT2D eigenvalue weighted by atomic mass is 10.0. The lowest BCUT2D eigenvalue weighted by Gasteiger charge is -2.44. The van der Waals surface area contributed by atoms with E-state index in [4.69, 9.17) is 13.6 Å². The zero-order valence-corrected chi connectivity index (χ0v) is 39.9. The van der Waals surface area contributed by atoms with Crippen LogP contribution in [0.5, 0.6) is 0 Å². The molecule has 3 saturated heterocycles. The van der Waals surface area contributed by atoms with Crippen molar-refractivity contribution in [2.45, 2.75) is 139 Å².